The molecule has 0 radical (unpaired) electrons. The molecular weight excluding hydrogens is 199 g/mol. The second-order valence-corrected chi connectivity index (χ2v) is 3.38. The van der Waals surface area contributed by atoms with Crippen molar-refractivity contribution in [2.24, 2.45) is 5.73 Å². The van der Waals surface area contributed by atoms with Crippen LogP contribution in [-0.2, 0) is 17.8 Å². The van der Waals surface area contributed by atoms with Gasteiger partial charge in [0.25, 0.3) is 0 Å². The molecule has 4 nitrogen and oxygen atoms in total. The fourth-order valence-electron chi connectivity index (χ4n) is 1.56. The third-order valence-corrected chi connectivity index (χ3v) is 2.12. The maximum Gasteiger partial charge on any atom is 0.189 e. The lowest BCUT2D eigenvalue weighted by Crippen LogP contribution is -2.16. The zero-order chi connectivity index (χ0) is 10.8. The summed E-state index contributed by atoms with van der Waals surface area (Å²) in [5, 5.41) is 7.14. The number of ether oxygens (including phenoxy) is 2. The molecule has 3 N–H and O–H groups in total. The number of fused-ring (bicyclic) bond motifs is 1. The number of halogens is 1. The van der Waals surface area contributed by atoms with E-state index < -0.39 is 5.82 Å². The fraction of sp³-hybridized carbons (Fsp3) is 0.300. The molecule has 1 heterocycles. The molecule has 0 bridgehead atoms. The van der Waals surface area contributed by atoms with E-state index in [4.69, 9.17) is 20.6 Å². The Labute approximate surface area is 86.3 Å². The van der Waals surface area contributed by atoms with Crippen molar-refractivity contribution in [1.82, 2.24) is 0 Å². The summed E-state index contributed by atoms with van der Waals surface area (Å²) in [7, 11) is 0. The van der Waals surface area contributed by atoms with E-state index in [1.807, 2.05) is 0 Å². The van der Waals surface area contributed by atoms with E-state index in [-0.39, 0.29) is 24.8 Å². The van der Waals surface area contributed by atoms with Gasteiger partial charge in [-0.1, -0.05) is 0 Å². The minimum Gasteiger partial charge on any atom is -0.464 e. The van der Waals surface area contributed by atoms with Gasteiger partial charge in [-0.15, -0.1) is 0 Å². The highest BCUT2D eigenvalue weighted by molar-refractivity contribution is 5.79. The second-order valence-electron chi connectivity index (χ2n) is 3.38. The highest BCUT2D eigenvalue weighted by atomic mass is 19.1. The molecule has 0 atom stereocenters. The molecule has 80 valence electrons. The molecule has 0 amide bonds. The second kappa shape index (κ2) is 3.86. The first-order valence-corrected chi connectivity index (χ1v) is 4.51. The van der Waals surface area contributed by atoms with Crippen molar-refractivity contribution in [2.75, 3.05) is 6.79 Å². The van der Waals surface area contributed by atoms with Crippen LogP contribution in [-0.4, -0.2) is 12.6 Å². The average Bonchev–Trinajstić information content (AvgIpc) is 2.16. The molecule has 0 unspecified atom stereocenters. The van der Waals surface area contributed by atoms with E-state index in [0.717, 1.165) is 0 Å². The Balaban J connectivity index is 2.36. The third-order valence-electron chi connectivity index (χ3n) is 2.12. The summed E-state index contributed by atoms with van der Waals surface area (Å²) in [6, 6.07) is 3.09. The van der Waals surface area contributed by atoms with Crippen LogP contribution in [0.2, 0.25) is 0 Å². The van der Waals surface area contributed by atoms with Crippen molar-refractivity contribution in [2.45, 2.75) is 13.0 Å². The summed E-state index contributed by atoms with van der Waals surface area (Å²) >= 11 is 0. The Morgan fingerprint density at radius 2 is 2.33 bits per heavy atom. The number of rotatable bonds is 2. The maximum atomic E-state index is 13.5. The van der Waals surface area contributed by atoms with Gasteiger partial charge in [-0.2, -0.15) is 0 Å². The zero-order valence-corrected chi connectivity index (χ0v) is 8.05. The summed E-state index contributed by atoms with van der Waals surface area (Å²) in [6.45, 7) is 0.411. The highest BCUT2D eigenvalue weighted by Gasteiger charge is 2.16. The number of hydrogen-bond acceptors (Lipinski definition) is 3. The van der Waals surface area contributed by atoms with E-state index in [2.05, 4.69) is 0 Å². The van der Waals surface area contributed by atoms with E-state index in [9.17, 15) is 4.39 Å². The van der Waals surface area contributed by atoms with Gasteiger partial charge in [0.2, 0.25) is 0 Å². The number of hydrogen-bond donors (Lipinski definition) is 2. The minimum atomic E-state index is -0.424. The quantitative estimate of drug-likeness (QED) is 0.568. The van der Waals surface area contributed by atoms with E-state index in [1.165, 1.54) is 6.07 Å². The Morgan fingerprint density at radius 3 is 3.07 bits per heavy atom. The summed E-state index contributed by atoms with van der Waals surface area (Å²) in [5.74, 6) is -0.174. The molecular formula is C10H11FN2O2. The van der Waals surface area contributed by atoms with Crippen LogP contribution in [0.4, 0.5) is 4.39 Å². The largest absolute Gasteiger partial charge is 0.464 e. The smallest absolute Gasteiger partial charge is 0.189 e. The first-order chi connectivity index (χ1) is 7.16. The molecule has 0 saturated carbocycles. The number of nitrogens with one attached hydrogen (secondary N) is 1. The topological polar surface area (TPSA) is 68.3 Å². The molecule has 1 aliphatic rings. The summed E-state index contributed by atoms with van der Waals surface area (Å²) in [5.41, 5.74) is 6.57. The molecule has 0 saturated heterocycles. The standard InChI is InChI=1S/C10H11FN2O2/c11-8-2-6(3-9(12)13)1-7-4-14-5-15-10(7)8/h1-2H,3-5H2,(H3,12,13). The number of amidine groups is 1. The lowest BCUT2D eigenvalue weighted by molar-refractivity contribution is -0.0190. The Bertz CT molecular complexity index is 407. The highest BCUT2D eigenvalue weighted by Crippen LogP contribution is 2.28. The zero-order valence-electron chi connectivity index (χ0n) is 8.05. The first kappa shape index (κ1) is 9.92. The SMILES string of the molecule is N=C(N)Cc1cc(F)c2c(c1)COCO2. The van der Waals surface area contributed by atoms with Gasteiger partial charge in [0.05, 0.1) is 12.4 Å². The van der Waals surface area contributed by atoms with Crippen LogP contribution in [0.1, 0.15) is 11.1 Å². The molecule has 1 aromatic rings. The third kappa shape index (κ3) is 2.07. The Hall–Kier alpha value is -1.62. The van der Waals surface area contributed by atoms with Crippen LogP contribution in [0.3, 0.4) is 0 Å². The van der Waals surface area contributed by atoms with Gasteiger partial charge >= 0.3 is 0 Å². The van der Waals surface area contributed by atoms with E-state index in [1.54, 1.807) is 6.07 Å². The molecule has 0 fully saturated rings. The first-order valence-electron chi connectivity index (χ1n) is 4.51. The van der Waals surface area contributed by atoms with Gasteiger partial charge in [0.1, 0.15) is 0 Å². The van der Waals surface area contributed by atoms with Gasteiger partial charge in [-0.3, -0.25) is 5.41 Å². The van der Waals surface area contributed by atoms with Crippen LogP contribution in [0.5, 0.6) is 5.75 Å². The van der Waals surface area contributed by atoms with Crippen LogP contribution in [0.25, 0.3) is 0 Å². The van der Waals surface area contributed by atoms with Gasteiger partial charge in [0, 0.05) is 12.0 Å². The molecule has 0 aromatic heterocycles. The van der Waals surface area contributed by atoms with Crippen LogP contribution < -0.4 is 10.5 Å². The predicted octanol–water partition coefficient (Wildman–Crippen LogP) is 1.17. The van der Waals surface area contributed by atoms with E-state index >= 15 is 0 Å². The summed E-state index contributed by atoms with van der Waals surface area (Å²) in [6.07, 6.45) is 0.240. The Morgan fingerprint density at radius 1 is 1.53 bits per heavy atom. The van der Waals surface area contributed by atoms with Crippen LogP contribution in [0, 0.1) is 11.2 Å². The van der Waals surface area contributed by atoms with Gasteiger partial charge in [-0.25, -0.2) is 4.39 Å². The van der Waals surface area contributed by atoms with Crippen LogP contribution in [0.15, 0.2) is 12.1 Å². The monoisotopic (exact) mass is 210 g/mol. The van der Waals surface area contributed by atoms with Crippen molar-refractivity contribution >= 4 is 5.84 Å². The van der Waals surface area contributed by atoms with Gasteiger partial charge in [0.15, 0.2) is 18.4 Å². The van der Waals surface area contributed by atoms with Crippen LogP contribution >= 0.6 is 0 Å². The fourth-order valence-corrected chi connectivity index (χ4v) is 1.56. The lowest BCUT2D eigenvalue weighted by atomic mass is 10.1. The number of nitrogens with two attached hydrogens (primary N) is 1. The molecule has 0 aliphatic carbocycles. The normalized spacial score (nSPS) is 14.2. The lowest BCUT2D eigenvalue weighted by Gasteiger charge is -2.18. The maximum absolute atomic E-state index is 13.5. The van der Waals surface area contributed by atoms with E-state index in [0.29, 0.717) is 17.7 Å². The predicted molar refractivity (Wildman–Crippen MR) is 52.3 cm³/mol. The molecule has 1 aliphatic heterocycles. The van der Waals surface area contributed by atoms with Crippen molar-refractivity contribution in [1.29, 1.82) is 5.41 Å². The summed E-state index contributed by atoms with van der Waals surface area (Å²) in [4.78, 5) is 0. The van der Waals surface area contributed by atoms with Gasteiger partial charge in [-0.05, 0) is 17.7 Å². The van der Waals surface area contributed by atoms with Gasteiger partial charge < -0.3 is 15.2 Å². The van der Waals surface area contributed by atoms with Crippen molar-refractivity contribution in [3.63, 3.8) is 0 Å². The van der Waals surface area contributed by atoms with Crippen molar-refractivity contribution in [3.8, 4) is 5.75 Å². The Kier molecular flexibility index (Phi) is 2.55. The molecule has 0 spiro atoms. The minimum absolute atomic E-state index is 0.00648. The molecule has 2 rings (SSSR count). The number of benzene rings is 1. The molecule has 1 aromatic carbocycles. The molecule has 15 heavy (non-hydrogen) atoms. The molecule has 5 heteroatoms. The van der Waals surface area contributed by atoms with Crippen molar-refractivity contribution < 1.29 is 13.9 Å². The van der Waals surface area contributed by atoms with Crippen molar-refractivity contribution in [3.05, 3.63) is 29.1 Å². The average molecular weight is 210 g/mol. The summed E-state index contributed by atoms with van der Waals surface area (Å²) < 4.78 is 23.6.